The molecule has 3 fully saturated rings. The van der Waals surface area contributed by atoms with Crippen LogP contribution >= 0.6 is 0 Å². The van der Waals surface area contributed by atoms with Crippen LogP contribution in [0.25, 0.3) is 22.2 Å². The topological polar surface area (TPSA) is 124 Å². The smallest absolute Gasteiger partial charge is 0.170 e. The molecule has 194 valence electrons. The maximum atomic E-state index is 13.5. The first-order valence-corrected chi connectivity index (χ1v) is 13.1. The normalized spacial score (nSPS) is 37.9. The van der Waals surface area contributed by atoms with E-state index in [2.05, 4.69) is 28.1 Å². The van der Waals surface area contributed by atoms with Gasteiger partial charge in [0.2, 0.25) is 0 Å². The number of aliphatic hydroxyl groups is 2. The quantitative estimate of drug-likeness (QED) is 0.353. The standard InChI is InChI=1S/C28H32FN5O3/c1-26-12-16-14-32-34(19-6-4-18(29)5-7-19)22(16)11-17(26)3-8-20-21-9-10-28(37,24(36)15-31-33-30)27(21,2)13-23(35)25(20)26/h4-7,11,14,20-21,23,25,35,37H,3,8-10,12-13,15H2,1-2H3/t20?,21?,23?,25?,26-,27-,28-/m0/s1. The molecule has 1 aromatic heterocycles. The molecule has 4 aliphatic rings. The van der Waals surface area contributed by atoms with Gasteiger partial charge in [-0.1, -0.05) is 24.5 Å². The molecule has 0 amide bonds. The summed E-state index contributed by atoms with van der Waals surface area (Å²) in [6.45, 7) is 3.82. The molecule has 4 aliphatic carbocycles. The van der Waals surface area contributed by atoms with E-state index in [0.29, 0.717) is 19.3 Å². The van der Waals surface area contributed by atoms with E-state index >= 15 is 0 Å². The Morgan fingerprint density at radius 1 is 1.30 bits per heavy atom. The van der Waals surface area contributed by atoms with Gasteiger partial charge >= 0.3 is 0 Å². The molecule has 0 radical (unpaired) electrons. The van der Waals surface area contributed by atoms with Crippen molar-refractivity contribution < 1.29 is 19.4 Å². The van der Waals surface area contributed by atoms with Crippen molar-refractivity contribution in [2.45, 2.75) is 64.1 Å². The van der Waals surface area contributed by atoms with Gasteiger partial charge in [0.05, 0.1) is 30.2 Å². The Balaban J connectivity index is 1.34. The number of carbonyl (C=O) groups is 1. The second kappa shape index (κ2) is 8.25. The van der Waals surface area contributed by atoms with Gasteiger partial charge < -0.3 is 10.2 Å². The Morgan fingerprint density at radius 3 is 2.78 bits per heavy atom. The average Bonchev–Trinajstić information content (AvgIpc) is 3.38. The second-order valence-corrected chi connectivity index (χ2v) is 11.9. The summed E-state index contributed by atoms with van der Waals surface area (Å²) in [5.41, 5.74) is 10.3. The van der Waals surface area contributed by atoms with Gasteiger partial charge in [-0.15, -0.1) is 0 Å². The minimum atomic E-state index is -1.59. The number of hydrogen-bond acceptors (Lipinski definition) is 5. The highest BCUT2D eigenvalue weighted by molar-refractivity contribution is 5.90. The van der Waals surface area contributed by atoms with Crippen LogP contribution in [-0.2, 0) is 11.2 Å². The number of halogens is 1. The molecular formula is C28H32FN5O3. The summed E-state index contributed by atoms with van der Waals surface area (Å²) in [5.74, 6) is -0.458. The van der Waals surface area contributed by atoms with Crippen LogP contribution in [0.1, 0.15) is 57.2 Å². The monoisotopic (exact) mass is 505 g/mol. The predicted molar refractivity (Wildman–Crippen MR) is 135 cm³/mol. The van der Waals surface area contributed by atoms with Crippen LogP contribution in [0.15, 0.2) is 41.1 Å². The summed E-state index contributed by atoms with van der Waals surface area (Å²) < 4.78 is 15.3. The number of allylic oxidation sites excluding steroid dienone is 1. The molecule has 1 heterocycles. The summed E-state index contributed by atoms with van der Waals surface area (Å²) in [6, 6.07) is 6.32. The minimum absolute atomic E-state index is 0.00229. The van der Waals surface area contributed by atoms with Crippen molar-refractivity contribution in [3.63, 3.8) is 0 Å². The van der Waals surface area contributed by atoms with Crippen molar-refractivity contribution in [3.05, 3.63) is 63.6 Å². The highest BCUT2D eigenvalue weighted by Crippen LogP contribution is 2.67. The summed E-state index contributed by atoms with van der Waals surface area (Å²) in [5, 5.41) is 31.3. The predicted octanol–water partition coefficient (Wildman–Crippen LogP) is 4.77. The van der Waals surface area contributed by atoms with Crippen molar-refractivity contribution in [2.75, 3.05) is 6.54 Å². The maximum absolute atomic E-state index is 13.5. The van der Waals surface area contributed by atoms with Gasteiger partial charge in [0.25, 0.3) is 0 Å². The molecule has 2 aromatic rings. The number of aromatic nitrogens is 2. The molecular weight excluding hydrogens is 473 g/mol. The summed E-state index contributed by atoms with van der Waals surface area (Å²) in [4.78, 5) is 15.7. The van der Waals surface area contributed by atoms with Crippen LogP contribution in [0.2, 0.25) is 0 Å². The van der Waals surface area contributed by atoms with Crippen molar-refractivity contribution >= 4 is 11.9 Å². The molecule has 0 aliphatic heterocycles. The number of aliphatic hydroxyl groups excluding tert-OH is 1. The molecule has 3 saturated carbocycles. The third-order valence-electron chi connectivity index (χ3n) is 10.4. The molecule has 2 N–H and O–H groups in total. The van der Waals surface area contributed by atoms with Gasteiger partial charge in [0.1, 0.15) is 11.4 Å². The Labute approximate surface area is 214 Å². The molecule has 1 aromatic carbocycles. The fraction of sp³-hybridized carbons (Fsp3) is 0.571. The largest absolute Gasteiger partial charge is 0.393 e. The number of benzene rings is 1. The first-order valence-electron chi connectivity index (χ1n) is 13.1. The van der Waals surface area contributed by atoms with E-state index in [1.165, 1.54) is 17.7 Å². The Kier molecular flexibility index (Phi) is 5.43. The van der Waals surface area contributed by atoms with Gasteiger partial charge in [-0.25, -0.2) is 9.07 Å². The van der Waals surface area contributed by atoms with E-state index in [4.69, 9.17) is 5.53 Å². The highest BCUT2D eigenvalue weighted by Gasteiger charge is 2.68. The molecule has 0 spiro atoms. The number of nitrogens with zero attached hydrogens (tertiary/aromatic N) is 5. The lowest BCUT2D eigenvalue weighted by Gasteiger charge is -2.60. The Hall–Kier alpha value is -3.00. The number of azide groups is 1. The number of ketones is 1. The van der Waals surface area contributed by atoms with Crippen LogP contribution in [0.5, 0.6) is 0 Å². The summed E-state index contributed by atoms with van der Waals surface area (Å²) >= 11 is 0. The van der Waals surface area contributed by atoms with E-state index in [1.807, 2.05) is 17.8 Å². The minimum Gasteiger partial charge on any atom is -0.393 e. The van der Waals surface area contributed by atoms with E-state index in [9.17, 15) is 19.4 Å². The van der Waals surface area contributed by atoms with Crippen molar-refractivity contribution in [3.8, 4) is 5.69 Å². The van der Waals surface area contributed by atoms with Crippen LogP contribution < -0.4 is 0 Å². The van der Waals surface area contributed by atoms with Crippen LogP contribution in [0.4, 0.5) is 4.39 Å². The molecule has 9 heteroatoms. The first kappa shape index (κ1) is 24.3. The third-order valence-corrected chi connectivity index (χ3v) is 10.4. The first-order chi connectivity index (χ1) is 17.6. The summed E-state index contributed by atoms with van der Waals surface area (Å²) in [6.07, 6.45) is 7.29. The van der Waals surface area contributed by atoms with Crippen molar-refractivity contribution in [2.24, 2.45) is 33.7 Å². The lowest BCUT2D eigenvalue weighted by molar-refractivity contribution is -0.178. The van der Waals surface area contributed by atoms with Gasteiger partial charge in [0.15, 0.2) is 5.78 Å². The Bertz CT molecular complexity index is 1350. The third kappa shape index (κ3) is 3.30. The van der Waals surface area contributed by atoms with Gasteiger partial charge in [-0.05, 0) is 103 Å². The zero-order chi connectivity index (χ0) is 26.2. The molecule has 0 saturated heterocycles. The van der Waals surface area contributed by atoms with Gasteiger partial charge in [-0.3, -0.25) is 4.79 Å². The zero-order valence-corrected chi connectivity index (χ0v) is 21.1. The molecule has 4 unspecified atom stereocenters. The van der Waals surface area contributed by atoms with Gasteiger partial charge in [0, 0.05) is 10.3 Å². The molecule has 7 atom stereocenters. The SMILES string of the molecule is C[C@]12Cc3cnn(-c4ccc(F)cc4)c3C=C1CCC1C2C(O)C[C@@]2(C)C1CC[C@]2(O)C(=O)CN=[N+]=[N-]. The number of rotatable bonds is 4. The number of carbonyl (C=O) groups excluding carboxylic acids is 1. The van der Waals surface area contributed by atoms with Crippen LogP contribution in [-0.4, -0.2) is 44.0 Å². The van der Waals surface area contributed by atoms with E-state index in [0.717, 1.165) is 36.2 Å². The van der Waals surface area contributed by atoms with Crippen molar-refractivity contribution in [1.82, 2.24) is 9.78 Å². The molecule has 6 rings (SSSR count). The van der Waals surface area contributed by atoms with Crippen LogP contribution in [0, 0.1) is 34.4 Å². The Morgan fingerprint density at radius 2 is 2.05 bits per heavy atom. The highest BCUT2D eigenvalue weighted by atomic mass is 19.1. The second-order valence-electron chi connectivity index (χ2n) is 11.9. The maximum Gasteiger partial charge on any atom is 0.170 e. The zero-order valence-electron chi connectivity index (χ0n) is 21.1. The lowest BCUT2D eigenvalue weighted by Crippen LogP contribution is -2.62. The average molecular weight is 506 g/mol. The number of Topliss-reactive ketones (excluding diaryl/α,β-unsaturated/α-hetero) is 1. The number of hydrogen-bond donors (Lipinski definition) is 2. The number of fused-ring (bicyclic) bond motifs is 6. The molecule has 0 bridgehead atoms. The fourth-order valence-corrected chi connectivity index (χ4v) is 8.66. The van der Waals surface area contributed by atoms with E-state index in [1.54, 1.807) is 12.1 Å². The molecule has 8 nitrogen and oxygen atoms in total. The van der Waals surface area contributed by atoms with Gasteiger partial charge in [-0.2, -0.15) is 5.10 Å². The van der Waals surface area contributed by atoms with E-state index < -0.39 is 22.9 Å². The lowest BCUT2D eigenvalue weighted by atomic mass is 9.45. The molecule has 37 heavy (non-hydrogen) atoms. The van der Waals surface area contributed by atoms with Crippen molar-refractivity contribution in [1.29, 1.82) is 0 Å². The summed E-state index contributed by atoms with van der Waals surface area (Å²) in [7, 11) is 0. The van der Waals surface area contributed by atoms with Crippen LogP contribution in [0.3, 0.4) is 0 Å². The van der Waals surface area contributed by atoms with E-state index in [-0.39, 0.29) is 35.5 Å². The fourth-order valence-electron chi connectivity index (χ4n) is 8.66.